The van der Waals surface area contributed by atoms with Crippen molar-refractivity contribution in [1.29, 1.82) is 0 Å². The predicted molar refractivity (Wildman–Crippen MR) is 115 cm³/mol. The summed E-state index contributed by atoms with van der Waals surface area (Å²) in [5.41, 5.74) is 1.86. The van der Waals surface area contributed by atoms with E-state index in [1.807, 2.05) is 43.5 Å². The van der Waals surface area contributed by atoms with Gasteiger partial charge < -0.3 is 9.15 Å². The monoisotopic (exact) mass is 447 g/mol. The van der Waals surface area contributed by atoms with Gasteiger partial charge in [-0.2, -0.15) is 0 Å². The van der Waals surface area contributed by atoms with Crippen LogP contribution in [0.25, 0.3) is 0 Å². The summed E-state index contributed by atoms with van der Waals surface area (Å²) in [5, 5.41) is 9.73. The second-order valence-corrected chi connectivity index (χ2v) is 8.67. The summed E-state index contributed by atoms with van der Waals surface area (Å²) in [7, 11) is 0. The number of furan rings is 1. The number of nitrogens with zero attached hydrogens (tertiary/aromatic N) is 5. The Kier molecular flexibility index (Phi) is 7.92. The summed E-state index contributed by atoms with van der Waals surface area (Å²) in [4.78, 5) is 21.2. The fourth-order valence-corrected chi connectivity index (χ4v) is 4.64. The van der Waals surface area contributed by atoms with E-state index in [2.05, 4.69) is 20.2 Å². The molecule has 1 atom stereocenters. The molecule has 0 aliphatic rings. The molecular weight excluding hydrogens is 422 g/mol. The van der Waals surface area contributed by atoms with Gasteiger partial charge in [0.1, 0.15) is 16.8 Å². The molecule has 0 unspecified atom stereocenters. The molecule has 0 spiro atoms. The molecule has 160 valence electrons. The maximum absolute atomic E-state index is 12.2. The second-order valence-electron chi connectivity index (χ2n) is 6.55. The van der Waals surface area contributed by atoms with E-state index in [0.717, 1.165) is 23.0 Å². The smallest absolute Gasteiger partial charge is 0.319 e. The lowest BCUT2D eigenvalue weighted by molar-refractivity contribution is -0.142. The first-order valence-electron chi connectivity index (χ1n) is 9.73. The maximum Gasteiger partial charge on any atom is 0.319 e. The first kappa shape index (κ1) is 22.4. The van der Waals surface area contributed by atoms with Gasteiger partial charge in [0.05, 0.1) is 25.2 Å². The van der Waals surface area contributed by atoms with Gasteiger partial charge in [-0.05, 0) is 45.4 Å². The first-order valence-corrected chi connectivity index (χ1v) is 11.6. The van der Waals surface area contributed by atoms with E-state index < -0.39 is 0 Å². The van der Waals surface area contributed by atoms with E-state index >= 15 is 0 Å². The summed E-state index contributed by atoms with van der Waals surface area (Å²) < 4.78 is 12.7. The van der Waals surface area contributed by atoms with E-state index in [0.29, 0.717) is 35.6 Å². The van der Waals surface area contributed by atoms with Crippen molar-refractivity contribution in [2.45, 2.75) is 62.0 Å². The first-order chi connectivity index (χ1) is 14.5. The molecule has 3 aromatic rings. The van der Waals surface area contributed by atoms with Gasteiger partial charge in [-0.25, -0.2) is 9.97 Å². The molecule has 0 bridgehead atoms. The normalized spacial score (nSPS) is 12.1. The number of esters is 1. The zero-order valence-corrected chi connectivity index (χ0v) is 19.1. The largest absolute Gasteiger partial charge is 0.467 e. The minimum atomic E-state index is -0.340. The number of hydrogen-bond acceptors (Lipinski definition) is 9. The van der Waals surface area contributed by atoms with Crippen LogP contribution in [0, 0.1) is 13.8 Å². The van der Waals surface area contributed by atoms with Crippen LogP contribution < -0.4 is 0 Å². The lowest BCUT2D eigenvalue weighted by atomic mass is 10.3. The summed E-state index contributed by atoms with van der Waals surface area (Å²) in [5.74, 6) is 1.86. The van der Waals surface area contributed by atoms with E-state index in [-0.39, 0.29) is 11.2 Å². The van der Waals surface area contributed by atoms with Crippen LogP contribution in [0.3, 0.4) is 0 Å². The van der Waals surface area contributed by atoms with E-state index in [1.54, 1.807) is 13.2 Å². The average molecular weight is 448 g/mol. The second kappa shape index (κ2) is 10.6. The van der Waals surface area contributed by atoms with E-state index in [9.17, 15) is 4.79 Å². The Bertz CT molecular complexity index is 955. The molecule has 0 aromatic carbocycles. The van der Waals surface area contributed by atoms with Crippen molar-refractivity contribution in [2.75, 3.05) is 6.61 Å². The van der Waals surface area contributed by atoms with Gasteiger partial charge in [0.25, 0.3) is 0 Å². The highest BCUT2D eigenvalue weighted by molar-refractivity contribution is 8.00. The minimum absolute atomic E-state index is 0.239. The molecule has 0 amide bonds. The van der Waals surface area contributed by atoms with Crippen molar-refractivity contribution in [3.05, 3.63) is 47.4 Å². The zero-order valence-electron chi connectivity index (χ0n) is 17.5. The van der Waals surface area contributed by atoms with Crippen molar-refractivity contribution in [3.63, 3.8) is 0 Å². The SMILES string of the molecule is CCOC(=O)[C@H](CC)Sc1nnc(CSc2nc(C)cc(C)n2)n1Cc1ccco1. The molecule has 0 saturated heterocycles. The maximum atomic E-state index is 12.2. The Morgan fingerprint density at radius 1 is 1.23 bits per heavy atom. The Labute approximate surface area is 184 Å². The number of carbonyl (C=O) groups excluding carboxylic acids is 1. The molecule has 8 nitrogen and oxygen atoms in total. The fraction of sp³-hybridized carbons (Fsp3) is 0.450. The highest BCUT2D eigenvalue weighted by Gasteiger charge is 2.24. The predicted octanol–water partition coefficient (Wildman–Crippen LogP) is 4.05. The number of thioether (sulfide) groups is 2. The Morgan fingerprint density at radius 3 is 2.63 bits per heavy atom. The Hall–Kier alpha value is -2.33. The van der Waals surface area contributed by atoms with Gasteiger partial charge in [-0.15, -0.1) is 10.2 Å². The number of rotatable bonds is 10. The Balaban J connectivity index is 1.82. The third-order valence-electron chi connectivity index (χ3n) is 4.15. The van der Waals surface area contributed by atoms with Crippen molar-refractivity contribution < 1.29 is 13.9 Å². The summed E-state index contributed by atoms with van der Waals surface area (Å²) in [6, 6.07) is 5.69. The summed E-state index contributed by atoms with van der Waals surface area (Å²) in [6.07, 6.45) is 2.27. The van der Waals surface area contributed by atoms with Gasteiger partial charge >= 0.3 is 5.97 Å². The van der Waals surface area contributed by atoms with Crippen molar-refractivity contribution in [1.82, 2.24) is 24.7 Å². The van der Waals surface area contributed by atoms with Gasteiger partial charge in [0.15, 0.2) is 10.3 Å². The van der Waals surface area contributed by atoms with E-state index in [1.165, 1.54) is 23.5 Å². The third kappa shape index (κ3) is 5.85. The third-order valence-corrected chi connectivity index (χ3v) is 6.31. The molecule has 0 fully saturated rings. The lowest BCUT2D eigenvalue weighted by Gasteiger charge is -2.14. The van der Waals surface area contributed by atoms with Crippen LogP contribution in [0.1, 0.15) is 43.2 Å². The highest BCUT2D eigenvalue weighted by atomic mass is 32.2. The standard InChI is InChI=1S/C20H25N5O3S2/c1-5-16(18(26)27-6-2)30-20-24-23-17(25(20)11-15-8-7-9-28-15)12-29-19-21-13(3)10-14(4)22-19/h7-10,16H,5-6,11-12H2,1-4H3/t16-/m0/s1. The molecule has 3 heterocycles. The summed E-state index contributed by atoms with van der Waals surface area (Å²) in [6.45, 7) is 8.49. The van der Waals surface area contributed by atoms with Gasteiger partial charge in [-0.3, -0.25) is 9.36 Å². The number of aryl methyl sites for hydroxylation is 2. The average Bonchev–Trinajstić information content (AvgIpc) is 3.34. The molecule has 30 heavy (non-hydrogen) atoms. The van der Waals surface area contributed by atoms with Crippen molar-refractivity contribution in [3.8, 4) is 0 Å². The zero-order chi connectivity index (χ0) is 21.5. The number of hydrogen-bond donors (Lipinski definition) is 0. The highest BCUT2D eigenvalue weighted by Crippen LogP contribution is 2.28. The molecule has 0 N–H and O–H groups in total. The quantitative estimate of drug-likeness (QED) is 0.259. The molecule has 0 radical (unpaired) electrons. The topological polar surface area (TPSA) is 95.9 Å². The fourth-order valence-electron chi connectivity index (χ4n) is 2.78. The van der Waals surface area contributed by atoms with Crippen LogP contribution in [0.5, 0.6) is 0 Å². The number of ether oxygens (including phenoxy) is 1. The molecular formula is C20H25N5O3S2. The Morgan fingerprint density at radius 2 is 2.00 bits per heavy atom. The van der Waals surface area contributed by atoms with Crippen LogP contribution in [0.4, 0.5) is 0 Å². The number of carbonyl (C=O) groups is 1. The van der Waals surface area contributed by atoms with Crippen LogP contribution in [0.15, 0.2) is 39.2 Å². The molecule has 0 saturated carbocycles. The van der Waals surface area contributed by atoms with Crippen LogP contribution >= 0.6 is 23.5 Å². The molecule has 0 aliphatic heterocycles. The van der Waals surface area contributed by atoms with Crippen LogP contribution in [-0.2, 0) is 21.8 Å². The molecule has 3 aromatic heterocycles. The summed E-state index contributed by atoms with van der Waals surface area (Å²) >= 11 is 2.87. The molecule has 3 rings (SSSR count). The molecule has 10 heteroatoms. The minimum Gasteiger partial charge on any atom is -0.467 e. The van der Waals surface area contributed by atoms with E-state index in [4.69, 9.17) is 9.15 Å². The lowest BCUT2D eigenvalue weighted by Crippen LogP contribution is -2.20. The number of aromatic nitrogens is 5. The van der Waals surface area contributed by atoms with Gasteiger partial charge in [-0.1, -0.05) is 30.4 Å². The van der Waals surface area contributed by atoms with Crippen LogP contribution in [0.2, 0.25) is 0 Å². The van der Waals surface area contributed by atoms with Crippen molar-refractivity contribution >= 4 is 29.5 Å². The van der Waals surface area contributed by atoms with Gasteiger partial charge in [0.2, 0.25) is 0 Å². The van der Waals surface area contributed by atoms with Crippen molar-refractivity contribution in [2.24, 2.45) is 0 Å². The van der Waals surface area contributed by atoms with Gasteiger partial charge in [0, 0.05) is 11.4 Å². The van der Waals surface area contributed by atoms with Crippen LogP contribution in [-0.4, -0.2) is 42.6 Å². The molecule has 0 aliphatic carbocycles.